The van der Waals surface area contributed by atoms with Gasteiger partial charge in [0.05, 0.1) is 0 Å². The van der Waals surface area contributed by atoms with Gasteiger partial charge in [-0.3, -0.25) is 0 Å². The zero-order valence-electron chi connectivity index (χ0n) is 9.06. The van der Waals surface area contributed by atoms with Crippen LogP contribution in [0.25, 0.3) is 0 Å². The lowest BCUT2D eigenvalue weighted by Crippen LogP contribution is -2.08. The molecule has 1 aromatic carbocycles. The molecule has 0 amide bonds. The Bertz CT molecular complexity index is 470. The first-order valence-corrected chi connectivity index (χ1v) is 6.16. The van der Waals surface area contributed by atoms with E-state index >= 15 is 0 Å². The predicted molar refractivity (Wildman–Crippen MR) is 75.5 cm³/mol. The number of aromatic nitrogens is 1. The van der Waals surface area contributed by atoms with Crippen LogP contribution in [0.4, 0.5) is 5.82 Å². The summed E-state index contributed by atoms with van der Waals surface area (Å²) in [6.07, 6.45) is 1.74. The molecule has 1 aromatic heterocycles. The van der Waals surface area contributed by atoms with Crippen LogP contribution in [0.15, 0.2) is 42.6 Å². The van der Waals surface area contributed by atoms with Crippen molar-refractivity contribution in [3.05, 3.63) is 51.7 Å². The second kappa shape index (κ2) is 5.83. The number of hydrazine groups is 1. The number of nitrogen functional groups attached to an aromatic ring is 1. The maximum absolute atomic E-state index is 5.63. The van der Waals surface area contributed by atoms with E-state index in [4.69, 9.17) is 10.6 Å². The van der Waals surface area contributed by atoms with Gasteiger partial charge in [-0.05, 0) is 52.9 Å². The molecule has 2 rings (SSSR count). The average Bonchev–Trinajstić information content (AvgIpc) is 2.39. The van der Waals surface area contributed by atoms with Crippen LogP contribution in [0.2, 0.25) is 0 Å². The maximum atomic E-state index is 5.63. The number of nitrogens with two attached hydrogens (primary N) is 1. The minimum atomic E-state index is 0.498. The van der Waals surface area contributed by atoms with Crippen molar-refractivity contribution in [2.75, 3.05) is 5.43 Å². The van der Waals surface area contributed by atoms with Crippen LogP contribution in [-0.4, -0.2) is 4.98 Å². The molecule has 88 valence electrons. The fourth-order valence-electron chi connectivity index (χ4n) is 1.29. The van der Waals surface area contributed by atoms with Gasteiger partial charge in [0.2, 0.25) is 0 Å². The summed E-state index contributed by atoms with van der Waals surface area (Å²) in [7, 11) is 0. The molecule has 0 unspecified atom stereocenters. The topological polar surface area (TPSA) is 60.2 Å². The number of nitrogens with one attached hydrogen (secondary N) is 1. The fraction of sp³-hybridized carbons (Fsp3) is 0.0833. The van der Waals surface area contributed by atoms with E-state index in [1.54, 1.807) is 6.20 Å². The van der Waals surface area contributed by atoms with Crippen molar-refractivity contribution in [3.63, 3.8) is 0 Å². The quantitative estimate of drug-likeness (QED) is 0.510. The van der Waals surface area contributed by atoms with Crippen molar-refractivity contribution >= 4 is 28.4 Å². The van der Waals surface area contributed by atoms with Crippen LogP contribution < -0.4 is 16.0 Å². The third-order valence-corrected chi connectivity index (χ3v) is 2.91. The van der Waals surface area contributed by atoms with Gasteiger partial charge >= 0.3 is 0 Å². The Balaban J connectivity index is 1.95. The van der Waals surface area contributed by atoms with Crippen molar-refractivity contribution in [1.82, 2.24) is 4.98 Å². The van der Waals surface area contributed by atoms with E-state index in [0.717, 1.165) is 11.3 Å². The van der Waals surface area contributed by atoms with Gasteiger partial charge in [0, 0.05) is 15.3 Å². The Hall–Kier alpha value is -1.34. The molecule has 0 saturated heterocycles. The first-order chi connectivity index (χ1) is 8.28. The highest BCUT2D eigenvalue weighted by atomic mass is 127. The van der Waals surface area contributed by atoms with E-state index < -0.39 is 0 Å². The number of pyridine rings is 1. The van der Waals surface area contributed by atoms with Crippen LogP contribution in [0.3, 0.4) is 0 Å². The van der Waals surface area contributed by atoms with Gasteiger partial charge in [-0.1, -0.05) is 6.07 Å². The summed E-state index contributed by atoms with van der Waals surface area (Å²) in [4.78, 5) is 4.11. The minimum Gasteiger partial charge on any atom is -0.489 e. The highest BCUT2D eigenvalue weighted by Gasteiger charge is 1.97. The van der Waals surface area contributed by atoms with E-state index in [2.05, 4.69) is 33.0 Å². The summed E-state index contributed by atoms with van der Waals surface area (Å²) in [5, 5.41) is 0. The van der Waals surface area contributed by atoms with Crippen molar-refractivity contribution < 1.29 is 4.74 Å². The minimum absolute atomic E-state index is 0.498. The Labute approximate surface area is 113 Å². The number of ether oxygens (including phenoxy) is 1. The van der Waals surface area contributed by atoms with E-state index in [1.807, 2.05) is 36.4 Å². The first-order valence-electron chi connectivity index (χ1n) is 5.08. The lowest BCUT2D eigenvalue weighted by Gasteiger charge is -2.06. The summed E-state index contributed by atoms with van der Waals surface area (Å²) in [6, 6.07) is 11.7. The molecular weight excluding hydrogens is 329 g/mol. The second-order valence-electron chi connectivity index (χ2n) is 3.44. The Morgan fingerprint density at radius 3 is 2.53 bits per heavy atom. The van der Waals surface area contributed by atoms with Crippen LogP contribution in [0, 0.1) is 3.57 Å². The number of rotatable bonds is 4. The Morgan fingerprint density at radius 2 is 1.94 bits per heavy atom. The van der Waals surface area contributed by atoms with Crippen molar-refractivity contribution in [1.29, 1.82) is 0 Å². The largest absolute Gasteiger partial charge is 0.489 e. The van der Waals surface area contributed by atoms with Crippen LogP contribution >= 0.6 is 22.6 Å². The number of anilines is 1. The molecule has 5 heteroatoms. The summed E-state index contributed by atoms with van der Waals surface area (Å²) < 4.78 is 6.82. The Kier molecular flexibility index (Phi) is 4.16. The number of nitrogens with zero attached hydrogens (tertiary/aromatic N) is 1. The molecule has 0 atom stereocenters. The number of hydrogen-bond donors (Lipinski definition) is 2. The Morgan fingerprint density at radius 1 is 1.18 bits per heavy atom. The van der Waals surface area contributed by atoms with Crippen molar-refractivity contribution in [2.24, 2.45) is 5.84 Å². The van der Waals surface area contributed by atoms with E-state index in [0.29, 0.717) is 12.4 Å². The molecule has 0 bridgehead atoms. The predicted octanol–water partition coefficient (Wildman–Crippen LogP) is 2.55. The number of benzene rings is 1. The highest BCUT2D eigenvalue weighted by Crippen LogP contribution is 2.15. The molecular formula is C12H12IN3O. The lowest BCUT2D eigenvalue weighted by atomic mass is 10.3. The van der Waals surface area contributed by atoms with Gasteiger partial charge < -0.3 is 10.2 Å². The van der Waals surface area contributed by atoms with Gasteiger partial charge in [-0.25, -0.2) is 10.8 Å². The van der Waals surface area contributed by atoms with Gasteiger partial charge in [0.1, 0.15) is 18.2 Å². The molecule has 0 aliphatic heterocycles. The molecule has 0 spiro atoms. The molecule has 0 aliphatic carbocycles. The van der Waals surface area contributed by atoms with Crippen LogP contribution in [-0.2, 0) is 6.61 Å². The third-order valence-electron chi connectivity index (χ3n) is 2.19. The standard InChI is InChI=1S/C12H12IN3O/c13-10-2-4-11(5-3-10)17-8-9-1-6-12(16-14)15-7-9/h1-7H,8,14H2,(H,15,16). The maximum Gasteiger partial charge on any atom is 0.139 e. The normalized spacial score (nSPS) is 10.0. The van der Waals surface area contributed by atoms with Gasteiger partial charge in [-0.15, -0.1) is 0 Å². The molecule has 0 radical (unpaired) electrons. The molecule has 0 aliphatic rings. The van der Waals surface area contributed by atoms with E-state index in [9.17, 15) is 0 Å². The summed E-state index contributed by atoms with van der Waals surface area (Å²) in [6.45, 7) is 0.498. The molecule has 1 heterocycles. The lowest BCUT2D eigenvalue weighted by molar-refractivity contribution is 0.306. The molecule has 2 aromatic rings. The number of halogens is 1. The summed E-state index contributed by atoms with van der Waals surface area (Å²) in [5.41, 5.74) is 3.48. The van der Waals surface area contributed by atoms with Crippen LogP contribution in [0.5, 0.6) is 5.75 Å². The molecule has 0 fully saturated rings. The summed E-state index contributed by atoms with van der Waals surface area (Å²) in [5.74, 6) is 6.73. The molecule has 0 saturated carbocycles. The second-order valence-corrected chi connectivity index (χ2v) is 4.68. The first kappa shape index (κ1) is 12.1. The number of hydrogen-bond acceptors (Lipinski definition) is 4. The summed E-state index contributed by atoms with van der Waals surface area (Å²) >= 11 is 2.26. The van der Waals surface area contributed by atoms with Crippen LogP contribution in [0.1, 0.15) is 5.56 Å². The zero-order chi connectivity index (χ0) is 12.1. The third kappa shape index (κ3) is 3.57. The zero-order valence-corrected chi connectivity index (χ0v) is 11.2. The van der Waals surface area contributed by atoms with Gasteiger partial charge in [0.15, 0.2) is 0 Å². The van der Waals surface area contributed by atoms with Gasteiger partial charge in [-0.2, -0.15) is 0 Å². The van der Waals surface area contributed by atoms with E-state index in [-0.39, 0.29) is 0 Å². The van der Waals surface area contributed by atoms with Crippen molar-refractivity contribution in [3.8, 4) is 5.75 Å². The van der Waals surface area contributed by atoms with Gasteiger partial charge in [0.25, 0.3) is 0 Å². The smallest absolute Gasteiger partial charge is 0.139 e. The SMILES string of the molecule is NNc1ccc(COc2ccc(I)cc2)cn1. The molecule has 3 N–H and O–H groups in total. The highest BCUT2D eigenvalue weighted by molar-refractivity contribution is 14.1. The van der Waals surface area contributed by atoms with Crippen molar-refractivity contribution in [2.45, 2.75) is 6.61 Å². The van der Waals surface area contributed by atoms with E-state index in [1.165, 1.54) is 3.57 Å². The average molecular weight is 341 g/mol. The monoisotopic (exact) mass is 341 g/mol. The molecule has 4 nitrogen and oxygen atoms in total. The molecule has 17 heavy (non-hydrogen) atoms. The fourth-order valence-corrected chi connectivity index (χ4v) is 1.65.